The molecule has 0 unspecified atom stereocenters. The Balaban J connectivity index is 1.99. The number of hydrogen-bond donors (Lipinski definition) is 1. The van der Waals surface area contributed by atoms with Crippen LogP contribution in [0.5, 0.6) is 0 Å². The summed E-state index contributed by atoms with van der Waals surface area (Å²) >= 11 is 10.9. The molecule has 2 aromatic carbocycles. The van der Waals surface area contributed by atoms with Crippen molar-refractivity contribution >= 4 is 50.9 Å². The molecule has 0 fully saturated rings. The van der Waals surface area contributed by atoms with Gasteiger partial charge in [0.1, 0.15) is 0 Å². The smallest absolute Gasteiger partial charge is 0.237 e. The van der Waals surface area contributed by atoms with Crippen molar-refractivity contribution in [2.75, 3.05) is 5.32 Å². The number of anilines is 1. The van der Waals surface area contributed by atoms with Gasteiger partial charge in [0.15, 0.2) is 0 Å². The molecule has 104 valence electrons. The van der Waals surface area contributed by atoms with Crippen LogP contribution in [0.3, 0.4) is 0 Å². The molecule has 0 aliphatic carbocycles. The Labute approximate surface area is 136 Å². The molecule has 0 saturated heterocycles. The minimum Gasteiger partial charge on any atom is -0.324 e. The molecule has 20 heavy (non-hydrogen) atoms. The number of hydrogen-bond acceptors (Lipinski definition) is 2. The van der Waals surface area contributed by atoms with Crippen LogP contribution in [-0.4, -0.2) is 11.2 Å². The molecule has 0 radical (unpaired) electrons. The maximum absolute atomic E-state index is 12.1. The molecule has 5 heteroatoms. The SMILES string of the molecule is C[C@H](Sc1ccc(Br)cc1)C(=O)Nc1ccccc1Cl. The van der Waals surface area contributed by atoms with Crippen molar-refractivity contribution < 1.29 is 4.79 Å². The van der Waals surface area contributed by atoms with Crippen LogP contribution in [0.25, 0.3) is 0 Å². The summed E-state index contributed by atoms with van der Waals surface area (Å²) in [5.74, 6) is -0.0639. The molecule has 0 bridgehead atoms. The van der Waals surface area contributed by atoms with Gasteiger partial charge in [-0.05, 0) is 43.3 Å². The first-order valence-corrected chi connectivity index (χ1v) is 8.09. The highest BCUT2D eigenvalue weighted by molar-refractivity contribution is 9.10. The van der Waals surface area contributed by atoms with Gasteiger partial charge in [-0.3, -0.25) is 4.79 Å². The lowest BCUT2D eigenvalue weighted by atomic mass is 10.3. The third kappa shape index (κ3) is 4.27. The fraction of sp³-hybridized carbons (Fsp3) is 0.133. The summed E-state index contributed by atoms with van der Waals surface area (Å²) in [6, 6.07) is 15.1. The Hall–Kier alpha value is -0.970. The highest BCUT2D eigenvalue weighted by atomic mass is 79.9. The van der Waals surface area contributed by atoms with Crippen LogP contribution in [0, 0.1) is 0 Å². The van der Waals surface area contributed by atoms with Gasteiger partial charge in [0.2, 0.25) is 5.91 Å². The third-order valence-corrected chi connectivity index (χ3v) is 4.60. The van der Waals surface area contributed by atoms with Crippen molar-refractivity contribution in [2.24, 2.45) is 0 Å². The van der Waals surface area contributed by atoms with Gasteiger partial charge in [-0.25, -0.2) is 0 Å². The molecule has 0 saturated carbocycles. The second kappa shape index (κ2) is 7.16. The second-order valence-electron chi connectivity index (χ2n) is 4.18. The predicted octanol–water partition coefficient (Wildman–Crippen LogP) is 5.22. The molecule has 1 atom stereocenters. The van der Waals surface area contributed by atoms with Crippen LogP contribution in [0.4, 0.5) is 5.69 Å². The molecule has 0 aliphatic rings. The zero-order chi connectivity index (χ0) is 14.5. The van der Waals surface area contributed by atoms with E-state index in [2.05, 4.69) is 21.2 Å². The van der Waals surface area contributed by atoms with Crippen molar-refractivity contribution in [1.29, 1.82) is 0 Å². The summed E-state index contributed by atoms with van der Waals surface area (Å²) in [6.45, 7) is 1.87. The standard InChI is InChI=1S/C15H13BrClNOS/c1-10(20-12-8-6-11(16)7-9-12)15(19)18-14-5-3-2-4-13(14)17/h2-10H,1H3,(H,18,19)/t10-/m0/s1. The summed E-state index contributed by atoms with van der Waals surface area (Å²) in [5.41, 5.74) is 0.641. The average Bonchev–Trinajstić information content (AvgIpc) is 2.44. The molecule has 2 nitrogen and oxygen atoms in total. The fourth-order valence-electron chi connectivity index (χ4n) is 1.57. The minimum absolute atomic E-state index is 0.0639. The van der Waals surface area contributed by atoms with Crippen molar-refractivity contribution in [3.05, 3.63) is 58.0 Å². The van der Waals surface area contributed by atoms with Crippen molar-refractivity contribution in [2.45, 2.75) is 17.1 Å². The van der Waals surface area contributed by atoms with E-state index in [4.69, 9.17) is 11.6 Å². The monoisotopic (exact) mass is 369 g/mol. The van der Waals surface area contributed by atoms with Crippen molar-refractivity contribution in [1.82, 2.24) is 0 Å². The first-order valence-electron chi connectivity index (χ1n) is 6.04. The van der Waals surface area contributed by atoms with Crippen LogP contribution in [0.15, 0.2) is 57.9 Å². The maximum atomic E-state index is 12.1. The lowest BCUT2D eigenvalue weighted by molar-refractivity contribution is -0.115. The average molecular weight is 371 g/mol. The van der Waals surface area contributed by atoms with Gasteiger partial charge >= 0.3 is 0 Å². The number of rotatable bonds is 4. The van der Waals surface area contributed by atoms with Gasteiger partial charge in [-0.1, -0.05) is 39.7 Å². The highest BCUT2D eigenvalue weighted by Crippen LogP contribution is 2.27. The summed E-state index contributed by atoms with van der Waals surface area (Å²) in [6.07, 6.45) is 0. The van der Waals surface area contributed by atoms with Crippen LogP contribution in [0.2, 0.25) is 5.02 Å². The van der Waals surface area contributed by atoms with Crippen molar-refractivity contribution in [3.63, 3.8) is 0 Å². The molecular formula is C15H13BrClNOS. The molecular weight excluding hydrogens is 358 g/mol. The molecule has 1 N–H and O–H groups in total. The Bertz CT molecular complexity index is 603. The lowest BCUT2D eigenvalue weighted by Crippen LogP contribution is -2.22. The number of carbonyl (C=O) groups excluding carboxylic acids is 1. The molecule has 0 aromatic heterocycles. The third-order valence-electron chi connectivity index (χ3n) is 2.63. The van der Waals surface area contributed by atoms with E-state index in [1.54, 1.807) is 12.1 Å². The van der Waals surface area contributed by atoms with E-state index in [9.17, 15) is 4.79 Å². The summed E-state index contributed by atoms with van der Waals surface area (Å²) in [4.78, 5) is 13.2. The van der Waals surface area contributed by atoms with Gasteiger partial charge in [0.05, 0.1) is 16.0 Å². The van der Waals surface area contributed by atoms with E-state index >= 15 is 0 Å². The lowest BCUT2D eigenvalue weighted by Gasteiger charge is -2.13. The summed E-state index contributed by atoms with van der Waals surface area (Å²) < 4.78 is 1.02. The predicted molar refractivity (Wildman–Crippen MR) is 89.5 cm³/mol. The molecule has 2 aromatic rings. The normalized spacial score (nSPS) is 11.9. The molecule has 1 amide bonds. The van der Waals surface area contributed by atoms with Gasteiger partial charge < -0.3 is 5.32 Å². The largest absolute Gasteiger partial charge is 0.324 e. The zero-order valence-electron chi connectivity index (χ0n) is 10.8. The van der Waals surface area contributed by atoms with Gasteiger partial charge in [0, 0.05) is 9.37 Å². The number of halogens is 2. The van der Waals surface area contributed by atoms with E-state index in [1.807, 2.05) is 43.3 Å². The topological polar surface area (TPSA) is 29.1 Å². The van der Waals surface area contributed by atoms with Gasteiger partial charge in [-0.2, -0.15) is 0 Å². The number of carbonyl (C=O) groups is 1. The first-order chi connectivity index (χ1) is 9.56. The highest BCUT2D eigenvalue weighted by Gasteiger charge is 2.15. The van der Waals surface area contributed by atoms with Crippen LogP contribution >= 0.6 is 39.3 Å². The van der Waals surface area contributed by atoms with Crippen molar-refractivity contribution in [3.8, 4) is 0 Å². The van der Waals surface area contributed by atoms with Gasteiger partial charge in [-0.15, -0.1) is 11.8 Å². The minimum atomic E-state index is -0.201. The van der Waals surface area contributed by atoms with Crippen LogP contribution < -0.4 is 5.32 Å². The van der Waals surface area contributed by atoms with Crippen LogP contribution in [-0.2, 0) is 4.79 Å². The summed E-state index contributed by atoms with van der Waals surface area (Å²) in [5, 5.41) is 3.18. The number of thioether (sulfide) groups is 1. The quantitative estimate of drug-likeness (QED) is 0.747. The Kier molecular flexibility index (Phi) is 5.52. The summed E-state index contributed by atoms with van der Waals surface area (Å²) in [7, 11) is 0. The first kappa shape index (κ1) is 15.4. The molecule has 0 aliphatic heterocycles. The second-order valence-corrected chi connectivity index (χ2v) is 6.92. The Morgan fingerprint density at radius 1 is 1.20 bits per heavy atom. The number of benzene rings is 2. The maximum Gasteiger partial charge on any atom is 0.237 e. The fourth-order valence-corrected chi connectivity index (χ4v) is 2.88. The zero-order valence-corrected chi connectivity index (χ0v) is 13.9. The van der Waals surface area contributed by atoms with Gasteiger partial charge in [0.25, 0.3) is 0 Å². The molecule has 0 spiro atoms. The molecule has 0 heterocycles. The van der Waals surface area contributed by atoms with E-state index in [0.717, 1.165) is 9.37 Å². The van der Waals surface area contributed by atoms with E-state index in [1.165, 1.54) is 11.8 Å². The van der Waals surface area contributed by atoms with E-state index in [0.29, 0.717) is 10.7 Å². The number of amides is 1. The van der Waals surface area contributed by atoms with E-state index < -0.39 is 0 Å². The van der Waals surface area contributed by atoms with Crippen LogP contribution in [0.1, 0.15) is 6.92 Å². The number of nitrogens with one attached hydrogen (secondary N) is 1. The van der Waals surface area contributed by atoms with E-state index in [-0.39, 0.29) is 11.2 Å². The Morgan fingerprint density at radius 2 is 1.85 bits per heavy atom. The Morgan fingerprint density at radius 3 is 2.50 bits per heavy atom. The number of para-hydroxylation sites is 1. The molecule has 2 rings (SSSR count).